The number of phenolic OH excluding ortho intramolecular Hbond substituents is 1. The van der Waals surface area contributed by atoms with Crippen LogP contribution in [-0.2, 0) is 4.79 Å². The first-order valence-corrected chi connectivity index (χ1v) is 11.6. The third-order valence-corrected chi connectivity index (χ3v) is 4.52. The van der Waals surface area contributed by atoms with Crippen molar-refractivity contribution in [2.24, 2.45) is 0 Å². The molecule has 0 spiro atoms. The molecule has 0 atom stereocenters. The number of rotatable bonds is 9. The Morgan fingerprint density at radius 2 is 1.64 bits per heavy atom. The van der Waals surface area contributed by atoms with Gasteiger partial charge in [-0.05, 0) is 54.3 Å². The van der Waals surface area contributed by atoms with Gasteiger partial charge in [-0.1, -0.05) is 87.7 Å². The number of aldehydes is 1. The second-order valence-corrected chi connectivity index (χ2v) is 6.86. The Bertz CT molecular complexity index is 1070. The van der Waals surface area contributed by atoms with Gasteiger partial charge in [0.05, 0.1) is 5.56 Å². The van der Waals surface area contributed by atoms with Gasteiger partial charge in [0.1, 0.15) is 11.5 Å². The SMILES string of the molecule is C#C.C/C=C(\C=C(/CC(C)=O)NC)c1ccccc1.C=C/C=C(\C=C)c1ccc(C=O)c(O)c1.CC. The highest BCUT2D eigenvalue weighted by Gasteiger charge is 2.03. The van der Waals surface area contributed by atoms with Crippen LogP contribution in [0.3, 0.4) is 0 Å². The number of terminal acetylenes is 1. The first-order chi connectivity index (χ1) is 17.4. The van der Waals surface area contributed by atoms with E-state index >= 15 is 0 Å². The number of allylic oxidation sites excluding steroid dienone is 8. The molecule has 0 saturated heterocycles. The van der Waals surface area contributed by atoms with Gasteiger partial charge in [0.15, 0.2) is 6.29 Å². The monoisotopic (exact) mass is 485 g/mol. The zero-order valence-corrected chi connectivity index (χ0v) is 22.1. The maximum Gasteiger partial charge on any atom is 0.153 e. The van der Waals surface area contributed by atoms with E-state index in [2.05, 4.69) is 43.5 Å². The Kier molecular flexibility index (Phi) is 19.9. The fourth-order valence-electron chi connectivity index (χ4n) is 2.86. The maximum absolute atomic E-state index is 11.1. The molecule has 0 heterocycles. The van der Waals surface area contributed by atoms with Gasteiger partial charge in [-0.2, -0.15) is 0 Å². The lowest BCUT2D eigenvalue weighted by molar-refractivity contribution is -0.116. The number of phenols is 1. The van der Waals surface area contributed by atoms with Gasteiger partial charge in [-0.25, -0.2) is 0 Å². The first kappa shape index (κ1) is 33.8. The molecule has 2 aromatic rings. The Morgan fingerprint density at radius 3 is 2.06 bits per heavy atom. The van der Waals surface area contributed by atoms with Crippen LogP contribution in [0, 0.1) is 12.8 Å². The summed E-state index contributed by atoms with van der Waals surface area (Å²) < 4.78 is 0. The third kappa shape index (κ3) is 12.8. The number of Topliss-reactive ketones (excluding diaryl/α,β-unsaturated/α-hetero) is 1. The number of aromatic hydroxyl groups is 1. The summed E-state index contributed by atoms with van der Waals surface area (Å²) in [6, 6.07) is 15.0. The normalized spacial score (nSPS) is 10.6. The third-order valence-electron chi connectivity index (χ3n) is 4.52. The fraction of sp³-hybridized carbons (Fsp3) is 0.188. The summed E-state index contributed by atoms with van der Waals surface area (Å²) in [5.74, 6) is 0.133. The minimum absolute atomic E-state index is 0.0284. The highest BCUT2D eigenvalue weighted by Crippen LogP contribution is 2.23. The Labute approximate surface area is 217 Å². The topological polar surface area (TPSA) is 66.4 Å². The zero-order chi connectivity index (χ0) is 27.9. The summed E-state index contributed by atoms with van der Waals surface area (Å²) in [6.45, 7) is 14.8. The zero-order valence-electron chi connectivity index (χ0n) is 22.1. The van der Waals surface area contributed by atoms with Gasteiger partial charge in [0, 0.05) is 19.2 Å². The second-order valence-electron chi connectivity index (χ2n) is 6.86. The molecule has 2 N–H and O–H groups in total. The van der Waals surface area contributed by atoms with Crippen LogP contribution < -0.4 is 5.32 Å². The standard InChI is InChI=1S/C15H19NO.C13H12O2.C2H6.C2H2/c1-4-13(14-8-6-5-7-9-14)11-15(16-3)10-12(2)17;1-3-5-10(4-2)11-6-7-12(9-14)13(15)8-11;2*1-2/h4-9,11,16H,10H2,1-3H3;3-9,15H,1-2H2;1-2H3;1-2H/b13-4+,15-11+;10-5+;;. The molecule has 2 aromatic carbocycles. The van der Waals surface area contributed by atoms with E-state index in [0.717, 1.165) is 28.0 Å². The summed E-state index contributed by atoms with van der Waals surface area (Å²) in [5.41, 5.74) is 5.14. The van der Waals surface area contributed by atoms with E-state index in [-0.39, 0.29) is 17.1 Å². The molecule has 0 radical (unpaired) electrons. The number of hydrogen-bond donors (Lipinski definition) is 2. The predicted octanol–water partition coefficient (Wildman–Crippen LogP) is 7.41. The molecular weight excluding hydrogens is 446 g/mol. The van der Waals surface area contributed by atoms with Gasteiger partial charge in [0.25, 0.3) is 0 Å². The maximum atomic E-state index is 11.1. The Balaban J connectivity index is 0. The van der Waals surface area contributed by atoms with Gasteiger partial charge >= 0.3 is 0 Å². The number of benzene rings is 2. The number of carbonyl (C=O) groups is 2. The second kappa shape index (κ2) is 21.2. The van der Waals surface area contributed by atoms with Crippen LogP contribution in [0.25, 0.3) is 11.1 Å². The van der Waals surface area contributed by atoms with Crippen molar-refractivity contribution in [2.45, 2.75) is 34.1 Å². The quantitative estimate of drug-likeness (QED) is 0.220. The van der Waals surface area contributed by atoms with E-state index in [1.807, 2.05) is 58.2 Å². The van der Waals surface area contributed by atoms with Crippen LogP contribution >= 0.6 is 0 Å². The predicted molar refractivity (Wildman–Crippen MR) is 156 cm³/mol. The summed E-state index contributed by atoms with van der Waals surface area (Å²) in [5, 5.41) is 12.6. The number of ketones is 1. The molecule has 0 aromatic heterocycles. The van der Waals surface area contributed by atoms with Crippen LogP contribution in [0.4, 0.5) is 0 Å². The highest BCUT2D eigenvalue weighted by molar-refractivity contribution is 5.83. The summed E-state index contributed by atoms with van der Waals surface area (Å²) in [4.78, 5) is 21.6. The van der Waals surface area contributed by atoms with Gasteiger partial charge < -0.3 is 10.4 Å². The van der Waals surface area contributed by atoms with Gasteiger partial charge in [-0.15, -0.1) is 12.8 Å². The number of hydrogen-bond acceptors (Lipinski definition) is 4. The Morgan fingerprint density at radius 1 is 1.03 bits per heavy atom. The van der Waals surface area contributed by atoms with Crippen molar-refractivity contribution in [3.05, 3.63) is 114 Å². The van der Waals surface area contributed by atoms with Crippen LogP contribution in [0.15, 0.2) is 97.8 Å². The lowest BCUT2D eigenvalue weighted by atomic mass is 10.0. The van der Waals surface area contributed by atoms with Crippen molar-refractivity contribution in [1.82, 2.24) is 5.32 Å². The molecule has 0 saturated carbocycles. The molecule has 36 heavy (non-hydrogen) atoms. The minimum Gasteiger partial charge on any atom is -0.507 e. The molecule has 190 valence electrons. The fourth-order valence-corrected chi connectivity index (χ4v) is 2.86. The summed E-state index contributed by atoms with van der Waals surface area (Å²) in [6.07, 6.45) is 18.2. The van der Waals surface area contributed by atoms with Crippen LogP contribution in [-0.4, -0.2) is 24.2 Å². The lowest BCUT2D eigenvalue weighted by Crippen LogP contribution is -2.09. The van der Waals surface area contributed by atoms with Crippen LogP contribution in [0.2, 0.25) is 0 Å². The summed E-state index contributed by atoms with van der Waals surface area (Å²) >= 11 is 0. The van der Waals surface area contributed by atoms with Crippen molar-refractivity contribution in [1.29, 1.82) is 0 Å². The highest BCUT2D eigenvalue weighted by atomic mass is 16.3. The molecule has 0 aliphatic carbocycles. The van der Waals surface area contributed by atoms with Crippen molar-refractivity contribution in [2.75, 3.05) is 7.05 Å². The van der Waals surface area contributed by atoms with Gasteiger partial charge in [0.2, 0.25) is 0 Å². The molecule has 0 unspecified atom stereocenters. The van der Waals surface area contributed by atoms with E-state index < -0.39 is 0 Å². The largest absolute Gasteiger partial charge is 0.507 e. The molecule has 0 amide bonds. The molecular formula is C32H39NO3. The number of nitrogens with one attached hydrogen (secondary N) is 1. The molecule has 2 rings (SSSR count). The summed E-state index contributed by atoms with van der Waals surface area (Å²) in [7, 11) is 1.84. The smallest absolute Gasteiger partial charge is 0.153 e. The van der Waals surface area contributed by atoms with Crippen molar-refractivity contribution >= 4 is 23.2 Å². The van der Waals surface area contributed by atoms with Crippen molar-refractivity contribution < 1.29 is 14.7 Å². The lowest BCUT2D eigenvalue weighted by Gasteiger charge is -2.07. The average Bonchev–Trinajstić information content (AvgIpc) is 2.92. The van der Waals surface area contributed by atoms with Crippen LogP contribution in [0.5, 0.6) is 5.75 Å². The van der Waals surface area contributed by atoms with E-state index in [4.69, 9.17) is 0 Å². The van der Waals surface area contributed by atoms with Crippen molar-refractivity contribution in [3.63, 3.8) is 0 Å². The molecule has 4 heteroatoms. The van der Waals surface area contributed by atoms with E-state index in [9.17, 15) is 14.7 Å². The molecule has 0 aliphatic heterocycles. The number of carbonyl (C=O) groups excluding carboxylic acids is 2. The molecule has 0 fully saturated rings. The van der Waals surface area contributed by atoms with E-state index in [1.54, 1.807) is 37.3 Å². The van der Waals surface area contributed by atoms with Crippen molar-refractivity contribution in [3.8, 4) is 18.6 Å². The van der Waals surface area contributed by atoms with E-state index in [0.29, 0.717) is 12.7 Å². The molecule has 4 nitrogen and oxygen atoms in total. The first-order valence-electron chi connectivity index (χ1n) is 11.6. The molecule has 0 bridgehead atoms. The van der Waals surface area contributed by atoms with E-state index in [1.165, 1.54) is 6.07 Å². The minimum atomic E-state index is -0.0284. The average molecular weight is 486 g/mol. The van der Waals surface area contributed by atoms with Crippen LogP contribution in [0.1, 0.15) is 55.6 Å². The van der Waals surface area contributed by atoms with Gasteiger partial charge in [-0.3, -0.25) is 9.59 Å². The Hall–Kier alpha value is -4.36. The molecule has 0 aliphatic rings.